The van der Waals surface area contributed by atoms with Gasteiger partial charge in [-0.15, -0.1) is 0 Å². The van der Waals surface area contributed by atoms with Gasteiger partial charge in [-0.1, -0.05) is 34.1 Å². The molecule has 7 atom stereocenters. The molecule has 182 valence electrons. The number of ether oxygens (including phenoxy) is 1. The topological polar surface area (TPSA) is 108 Å². The first-order valence-electron chi connectivity index (χ1n) is 12.4. The fourth-order valence-electron chi connectivity index (χ4n) is 6.10. The number of carbonyl (C=O) groups excluding carboxylic acids is 3. The Balaban J connectivity index is 1.98. The summed E-state index contributed by atoms with van der Waals surface area (Å²) in [7, 11) is 0. The molecule has 3 rings (SSSR count). The van der Waals surface area contributed by atoms with E-state index in [1.165, 1.54) is 0 Å². The van der Waals surface area contributed by atoms with Crippen LogP contribution < -0.4 is 10.6 Å². The van der Waals surface area contributed by atoms with Crippen LogP contribution in [0.15, 0.2) is 0 Å². The highest BCUT2D eigenvalue weighted by Gasteiger charge is 2.75. The zero-order valence-electron chi connectivity index (χ0n) is 20.2. The summed E-state index contributed by atoms with van der Waals surface area (Å²) in [5, 5.41) is 16.2. The second-order valence-corrected chi connectivity index (χ2v) is 10.3. The summed E-state index contributed by atoms with van der Waals surface area (Å²) in [6.07, 6.45) is 4.05. The Morgan fingerprint density at radius 1 is 1.22 bits per heavy atom. The summed E-state index contributed by atoms with van der Waals surface area (Å²) in [6, 6.07) is -1.34. The molecule has 1 spiro atoms. The largest absolute Gasteiger partial charge is 0.394 e. The number of carbonyl (C=O) groups is 3. The molecule has 0 aromatic heterocycles. The number of hydrogen-bond acceptors (Lipinski definition) is 5. The average molecular weight is 452 g/mol. The number of rotatable bonds is 11. The summed E-state index contributed by atoms with van der Waals surface area (Å²) in [4.78, 5) is 42.0. The first-order valence-corrected chi connectivity index (χ1v) is 12.4. The number of aliphatic hydroxyl groups is 1. The second-order valence-electron chi connectivity index (χ2n) is 10.3. The van der Waals surface area contributed by atoms with Crippen LogP contribution in [0.4, 0.5) is 0 Å². The van der Waals surface area contributed by atoms with Gasteiger partial charge in [-0.25, -0.2) is 0 Å². The second kappa shape index (κ2) is 10.1. The summed E-state index contributed by atoms with van der Waals surface area (Å²) >= 11 is 0. The van der Waals surface area contributed by atoms with E-state index in [9.17, 15) is 19.5 Å². The van der Waals surface area contributed by atoms with Crippen LogP contribution in [0.1, 0.15) is 73.1 Å². The van der Waals surface area contributed by atoms with Gasteiger partial charge >= 0.3 is 0 Å². The van der Waals surface area contributed by atoms with Crippen molar-refractivity contribution in [2.24, 2.45) is 17.8 Å². The highest BCUT2D eigenvalue weighted by Crippen LogP contribution is 2.58. The molecular formula is C24H41N3O5. The van der Waals surface area contributed by atoms with E-state index in [0.29, 0.717) is 25.8 Å². The van der Waals surface area contributed by atoms with Gasteiger partial charge in [0, 0.05) is 12.6 Å². The zero-order valence-corrected chi connectivity index (χ0v) is 20.2. The van der Waals surface area contributed by atoms with Gasteiger partial charge in [-0.2, -0.15) is 0 Å². The monoisotopic (exact) mass is 451 g/mol. The minimum atomic E-state index is -1.00. The SMILES string of the molecule is CCCNC(=O)[C@@H]1[C@H]2C(=O)N([C@@H](CO)CC(C)C)C(C(=O)NC(C)CCC)C23CC[C@H]1O3. The Bertz CT molecular complexity index is 714. The minimum Gasteiger partial charge on any atom is -0.394 e. The Hall–Kier alpha value is -1.67. The van der Waals surface area contributed by atoms with Crippen molar-refractivity contribution in [2.45, 2.75) is 103 Å². The molecule has 3 N–H and O–H groups in total. The van der Waals surface area contributed by atoms with Crippen LogP contribution in [0.2, 0.25) is 0 Å². The van der Waals surface area contributed by atoms with Gasteiger partial charge in [0.15, 0.2) is 0 Å². The molecule has 8 heteroatoms. The standard InChI is InChI=1S/C24H41N3O5/c1-6-8-15(5)26-22(30)20-24-10-9-17(32-24)18(21(29)25-11-7-2)19(24)23(31)27(20)16(13-28)12-14(3)4/h14-20,28H,6-13H2,1-5H3,(H,25,29)(H,26,30)/t15?,16-,17-,18+,19+,20?,24?/m1/s1. The van der Waals surface area contributed by atoms with E-state index in [1.807, 2.05) is 27.7 Å². The predicted octanol–water partition coefficient (Wildman–Crippen LogP) is 1.60. The molecule has 3 unspecified atom stereocenters. The Kier molecular flexibility index (Phi) is 7.86. The first kappa shape index (κ1) is 25.0. The van der Waals surface area contributed by atoms with Crippen molar-refractivity contribution in [1.29, 1.82) is 0 Å². The fourth-order valence-corrected chi connectivity index (χ4v) is 6.10. The molecule has 0 radical (unpaired) electrons. The number of fused-ring (bicyclic) bond motifs is 1. The highest BCUT2D eigenvalue weighted by atomic mass is 16.5. The zero-order chi connectivity index (χ0) is 23.6. The van der Waals surface area contributed by atoms with E-state index in [4.69, 9.17) is 4.74 Å². The fraction of sp³-hybridized carbons (Fsp3) is 0.875. The van der Waals surface area contributed by atoms with E-state index < -0.39 is 29.5 Å². The van der Waals surface area contributed by atoms with E-state index in [0.717, 1.165) is 19.3 Å². The lowest BCUT2D eigenvalue weighted by atomic mass is 9.70. The molecule has 2 bridgehead atoms. The van der Waals surface area contributed by atoms with Crippen LogP contribution in [0.5, 0.6) is 0 Å². The molecule has 3 aliphatic heterocycles. The van der Waals surface area contributed by atoms with E-state index >= 15 is 0 Å². The number of amides is 3. The van der Waals surface area contributed by atoms with Crippen molar-refractivity contribution < 1.29 is 24.2 Å². The van der Waals surface area contributed by atoms with Gasteiger partial charge < -0.3 is 25.4 Å². The molecule has 8 nitrogen and oxygen atoms in total. The third kappa shape index (κ3) is 4.28. The molecule has 3 saturated heterocycles. The molecule has 32 heavy (non-hydrogen) atoms. The molecule has 0 aliphatic carbocycles. The summed E-state index contributed by atoms with van der Waals surface area (Å²) in [6.45, 7) is 10.4. The van der Waals surface area contributed by atoms with Crippen LogP contribution in [0.3, 0.4) is 0 Å². The molecule has 3 fully saturated rings. The van der Waals surface area contributed by atoms with Gasteiger partial charge in [0.1, 0.15) is 11.6 Å². The van der Waals surface area contributed by atoms with Crippen molar-refractivity contribution in [3.63, 3.8) is 0 Å². The molecule has 3 amide bonds. The molecule has 0 aromatic rings. The highest BCUT2D eigenvalue weighted by molar-refractivity contribution is 5.99. The maximum absolute atomic E-state index is 13.8. The summed E-state index contributed by atoms with van der Waals surface area (Å²) < 4.78 is 6.41. The van der Waals surface area contributed by atoms with E-state index in [-0.39, 0.29) is 42.4 Å². The maximum Gasteiger partial charge on any atom is 0.246 e. The van der Waals surface area contributed by atoms with Crippen LogP contribution in [0, 0.1) is 17.8 Å². The summed E-state index contributed by atoms with van der Waals surface area (Å²) in [5.41, 5.74) is -1.00. The number of hydrogen-bond donors (Lipinski definition) is 3. The lowest BCUT2D eigenvalue weighted by Gasteiger charge is -2.37. The number of likely N-dealkylation sites (tertiary alicyclic amines) is 1. The van der Waals surface area contributed by atoms with Crippen LogP contribution in [-0.2, 0) is 19.1 Å². The summed E-state index contributed by atoms with van der Waals surface area (Å²) in [5.74, 6) is -1.67. The number of aliphatic hydroxyl groups excluding tert-OH is 1. The minimum absolute atomic E-state index is 0.0279. The Morgan fingerprint density at radius 3 is 2.53 bits per heavy atom. The number of nitrogens with zero attached hydrogens (tertiary/aromatic N) is 1. The normalized spacial score (nSPS) is 32.8. The van der Waals surface area contributed by atoms with Gasteiger partial charge in [0.05, 0.1) is 30.6 Å². The van der Waals surface area contributed by atoms with Gasteiger partial charge in [-0.3, -0.25) is 14.4 Å². The molecule has 3 aliphatic rings. The lowest BCUT2D eigenvalue weighted by molar-refractivity contribution is -0.146. The molecule has 0 saturated carbocycles. The third-order valence-electron chi connectivity index (χ3n) is 7.30. The van der Waals surface area contributed by atoms with Crippen molar-refractivity contribution >= 4 is 17.7 Å². The van der Waals surface area contributed by atoms with Crippen molar-refractivity contribution in [2.75, 3.05) is 13.2 Å². The molecular weight excluding hydrogens is 410 g/mol. The molecule has 0 aromatic carbocycles. The Labute approximate surface area is 191 Å². The first-order chi connectivity index (χ1) is 15.2. The van der Waals surface area contributed by atoms with Crippen molar-refractivity contribution in [1.82, 2.24) is 15.5 Å². The van der Waals surface area contributed by atoms with E-state index in [2.05, 4.69) is 17.6 Å². The average Bonchev–Trinajstić information content (AvgIpc) is 3.37. The van der Waals surface area contributed by atoms with Gasteiger partial charge in [-0.05, 0) is 44.9 Å². The quantitative estimate of drug-likeness (QED) is 0.442. The van der Waals surface area contributed by atoms with Crippen LogP contribution >= 0.6 is 0 Å². The van der Waals surface area contributed by atoms with Crippen molar-refractivity contribution in [3.05, 3.63) is 0 Å². The predicted molar refractivity (Wildman–Crippen MR) is 121 cm³/mol. The third-order valence-corrected chi connectivity index (χ3v) is 7.30. The Morgan fingerprint density at radius 2 is 1.94 bits per heavy atom. The lowest BCUT2D eigenvalue weighted by Crippen LogP contribution is -2.59. The maximum atomic E-state index is 13.8. The number of nitrogens with one attached hydrogen (secondary N) is 2. The van der Waals surface area contributed by atoms with Gasteiger partial charge in [0.25, 0.3) is 0 Å². The van der Waals surface area contributed by atoms with Gasteiger partial charge in [0.2, 0.25) is 17.7 Å². The molecule has 3 heterocycles. The van der Waals surface area contributed by atoms with E-state index in [1.54, 1.807) is 4.90 Å². The van der Waals surface area contributed by atoms with Crippen LogP contribution in [-0.4, -0.2) is 70.7 Å². The van der Waals surface area contributed by atoms with Crippen LogP contribution in [0.25, 0.3) is 0 Å². The smallest absolute Gasteiger partial charge is 0.246 e. The van der Waals surface area contributed by atoms with Crippen molar-refractivity contribution in [3.8, 4) is 0 Å².